The van der Waals surface area contributed by atoms with Crippen LogP contribution < -0.4 is 4.90 Å². The van der Waals surface area contributed by atoms with Gasteiger partial charge in [0.1, 0.15) is 0 Å². The molecular formula is C40H31N. The summed E-state index contributed by atoms with van der Waals surface area (Å²) in [5, 5.41) is 5.17. The first-order chi connectivity index (χ1) is 20.4. The van der Waals surface area contributed by atoms with Crippen molar-refractivity contribution < 1.29 is 0 Å². The van der Waals surface area contributed by atoms with Crippen molar-refractivity contribution in [3.63, 3.8) is 0 Å². The van der Waals surface area contributed by atoms with E-state index in [2.05, 4.69) is 163 Å². The summed E-state index contributed by atoms with van der Waals surface area (Å²) in [7, 11) is 0. The molecule has 1 fully saturated rings. The van der Waals surface area contributed by atoms with Gasteiger partial charge in [0, 0.05) is 11.6 Å². The highest BCUT2D eigenvalue weighted by Crippen LogP contribution is 2.47. The van der Waals surface area contributed by atoms with Gasteiger partial charge in [-0.15, -0.1) is 0 Å². The number of allylic oxidation sites excluding steroid dienone is 2. The van der Waals surface area contributed by atoms with E-state index in [9.17, 15) is 0 Å². The van der Waals surface area contributed by atoms with Crippen molar-refractivity contribution in [1.29, 1.82) is 0 Å². The summed E-state index contributed by atoms with van der Waals surface area (Å²) in [6.45, 7) is 0. The van der Waals surface area contributed by atoms with Gasteiger partial charge in [0.15, 0.2) is 0 Å². The molecular weight excluding hydrogens is 494 g/mol. The summed E-state index contributed by atoms with van der Waals surface area (Å²) in [5.74, 6) is 0.531. The number of anilines is 1. The minimum atomic E-state index is 0.358. The fraction of sp³-hybridized carbons (Fsp3) is 0.100. The molecule has 2 aliphatic rings. The van der Waals surface area contributed by atoms with Crippen molar-refractivity contribution in [1.82, 2.24) is 0 Å². The van der Waals surface area contributed by atoms with Gasteiger partial charge in [-0.05, 0) is 67.9 Å². The van der Waals surface area contributed by atoms with Crippen LogP contribution in [0.3, 0.4) is 0 Å². The number of hydrogen-bond donors (Lipinski definition) is 0. The highest BCUT2D eigenvalue weighted by molar-refractivity contribution is 6.21. The highest BCUT2D eigenvalue weighted by atomic mass is 15.2. The van der Waals surface area contributed by atoms with E-state index in [4.69, 9.17) is 0 Å². The second kappa shape index (κ2) is 9.94. The molecule has 6 aromatic carbocycles. The first-order valence-corrected chi connectivity index (χ1v) is 14.6. The van der Waals surface area contributed by atoms with Crippen LogP contribution in [0.1, 0.15) is 18.0 Å². The van der Waals surface area contributed by atoms with Crippen molar-refractivity contribution in [2.75, 3.05) is 4.90 Å². The second-order valence-corrected chi connectivity index (χ2v) is 11.2. The van der Waals surface area contributed by atoms with Crippen LogP contribution in [-0.4, -0.2) is 6.04 Å². The van der Waals surface area contributed by atoms with Crippen molar-refractivity contribution in [2.45, 2.75) is 18.5 Å². The van der Waals surface area contributed by atoms with E-state index in [-0.39, 0.29) is 0 Å². The minimum absolute atomic E-state index is 0.358. The minimum Gasteiger partial charge on any atom is -0.357 e. The zero-order valence-electron chi connectivity index (χ0n) is 22.9. The summed E-state index contributed by atoms with van der Waals surface area (Å²) in [5.41, 5.74) is 7.80. The second-order valence-electron chi connectivity index (χ2n) is 11.2. The Morgan fingerprint density at radius 2 is 0.951 bits per heavy atom. The number of rotatable bonds is 4. The van der Waals surface area contributed by atoms with Crippen molar-refractivity contribution in [2.24, 2.45) is 5.92 Å². The van der Waals surface area contributed by atoms with Gasteiger partial charge in [0.2, 0.25) is 0 Å². The Bertz CT molecular complexity index is 1860. The summed E-state index contributed by atoms with van der Waals surface area (Å²) >= 11 is 0. The summed E-state index contributed by atoms with van der Waals surface area (Å²) in [6.07, 6.45) is 10.3. The number of fused-ring (bicyclic) bond motifs is 3. The lowest BCUT2D eigenvalue weighted by molar-refractivity contribution is 0.636. The standard InChI is InChI=1S/C40H31N/c1-3-13-28(14-4-1)38-27-31-17-7-12-22-37(31)41(38)32-25-23-30(24-26-32)40-35-20-10-8-18-33(35)39(29-15-5-2-6-16-29)34-19-9-11-21-36(34)40/h1-26,31,37-38H,27H2. The molecule has 0 saturated carbocycles. The molecule has 41 heavy (non-hydrogen) atoms. The lowest BCUT2D eigenvalue weighted by atomic mass is 9.86. The van der Waals surface area contributed by atoms with Crippen LogP contribution >= 0.6 is 0 Å². The zero-order chi connectivity index (χ0) is 27.2. The van der Waals surface area contributed by atoms with Gasteiger partial charge in [-0.25, -0.2) is 0 Å². The van der Waals surface area contributed by atoms with E-state index in [1.807, 2.05) is 0 Å². The quantitative estimate of drug-likeness (QED) is 0.207. The number of benzene rings is 6. The Hall–Kier alpha value is -4.88. The van der Waals surface area contributed by atoms with Crippen LogP contribution in [0.2, 0.25) is 0 Å². The van der Waals surface area contributed by atoms with Gasteiger partial charge in [-0.1, -0.05) is 146 Å². The predicted molar refractivity (Wildman–Crippen MR) is 174 cm³/mol. The van der Waals surface area contributed by atoms with Crippen molar-refractivity contribution in [3.8, 4) is 22.3 Å². The normalized spacial score (nSPS) is 19.6. The molecule has 1 aliphatic carbocycles. The maximum atomic E-state index is 2.64. The van der Waals surface area contributed by atoms with Crippen LogP contribution in [0.4, 0.5) is 5.69 Å². The SMILES string of the molecule is C1=CC2CC(c3ccccc3)N(c3ccc(-c4c5ccccc5c(-c5ccccc5)c5ccccc45)cc3)C2C=C1. The molecule has 6 aromatic rings. The van der Waals surface area contributed by atoms with Crippen LogP contribution in [-0.2, 0) is 0 Å². The molecule has 0 N–H and O–H groups in total. The van der Waals surface area contributed by atoms with Gasteiger partial charge in [-0.2, -0.15) is 0 Å². The van der Waals surface area contributed by atoms with Crippen LogP contribution in [0.15, 0.2) is 158 Å². The molecule has 0 bridgehead atoms. The van der Waals surface area contributed by atoms with E-state index < -0.39 is 0 Å². The maximum Gasteiger partial charge on any atom is 0.0555 e. The van der Waals surface area contributed by atoms with Gasteiger partial charge < -0.3 is 4.90 Å². The highest BCUT2D eigenvalue weighted by Gasteiger charge is 2.40. The fourth-order valence-electron chi connectivity index (χ4n) is 7.22. The Labute approximate surface area is 241 Å². The predicted octanol–water partition coefficient (Wildman–Crippen LogP) is 10.4. The Morgan fingerprint density at radius 1 is 0.463 bits per heavy atom. The summed E-state index contributed by atoms with van der Waals surface area (Å²) in [4.78, 5) is 2.64. The third-order valence-electron chi connectivity index (χ3n) is 9.00. The molecule has 0 radical (unpaired) electrons. The van der Waals surface area contributed by atoms with Crippen molar-refractivity contribution >= 4 is 27.2 Å². The van der Waals surface area contributed by atoms with Crippen LogP contribution in [0.5, 0.6) is 0 Å². The fourth-order valence-corrected chi connectivity index (χ4v) is 7.22. The van der Waals surface area contributed by atoms with Crippen LogP contribution in [0, 0.1) is 5.92 Å². The molecule has 1 saturated heterocycles. The Kier molecular flexibility index (Phi) is 5.81. The average Bonchev–Trinajstić information content (AvgIpc) is 3.44. The molecule has 196 valence electrons. The molecule has 0 amide bonds. The maximum absolute atomic E-state index is 2.64. The van der Waals surface area contributed by atoms with E-state index >= 15 is 0 Å². The topological polar surface area (TPSA) is 3.24 Å². The molecule has 0 aromatic heterocycles. The van der Waals surface area contributed by atoms with E-state index in [0.29, 0.717) is 18.0 Å². The summed E-state index contributed by atoms with van der Waals surface area (Å²) in [6, 6.07) is 49.7. The van der Waals surface area contributed by atoms with Gasteiger partial charge >= 0.3 is 0 Å². The van der Waals surface area contributed by atoms with Crippen molar-refractivity contribution in [3.05, 3.63) is 163 Å². The largest absolute Gasteiger partial charge is 0.357 e. The Balaban J connectivity index is 1.28. The lowest BCUT2D eigenvalue weighted by Gasteiger charge is -2.33. The summed E-state index contributed by atoms with van der Waals surface area (Å²) < 4.78 is 0. The van der Waals surface area contributed by atoms with Gasteiger partial charge in [0.05, 0.1) is 12.1 Å². The van der Waals surface area contributed by atoms with Gasteiger partial charge in [0.25, 0.3) is 0 Å². The first-order valence-electron chi connectivity index (χ1n) is 14.6. The monoisotopic (exact) mass is 525 g/mol. The molecule has 1 nitrogen and oxygen atoms in total. The van der Waals surface area contributed by atoms with E-state index in [0.717, 1.165) is 6.42 Å². The molecule has 3 unspecified atom stereocenters. The molecule has 8 rings (SSSR count). The Morgan fingerprint density at radius 3 is 1.54 bits per heavy atom. The molecule has 0 spiro atoms. The lowest BCUT2D eigenvalue weighted by Crippen LogP contribution is -2.33. The average molecular weight is 526 g/mol. The van der Waals surface area contributed by atoms with Gasteiger partial charge in [-0.3, -0.25) is 0 Å². The van der Waals surface area contributed by atoms with Crippen LogP contribution in [0.25, 0.3) is 43.8 Å². The number of nitrogens with zero attached hydrogens (tertiary/aromatic N) is 1. The van der Waals surface area contributed by atoms with E-state index in [1.165, 1.54) is 55.0 Å². The smallest absolute Gasteiger partial charge is 0.0555 e. The molecule has 1 aliphatic heterocycles. The third kappa shape index (κ3) is 4.00. The molecule has 1 heteroatoms. The first kappa shape index (κ1) is 24.0. The molecule has 3 atom stereocenters. The zero-order valence-corrected chi connectivity index (χ0v) is 22.9. The molecule has 1 heterocycles. The third-order valence-corrected chi connectivity index (χ3v) is 9.00. The number of hydrogen-bond acceptors (Lipinski definition) is 1. The van der Waals surface area contributed by atoms with E-state index in [1.54, 1.807) is 0 Å².